The Morgan fingerprint density at radius 2 is 2.00 bits per heavy atom. The summed E-state index contributed by atoms with van der Waals surface area (Å²) in [6, 6.07) is 5.36. The largest absolute Gasteiger partial charge is 0.326 e. The molecule has 0 aliphatic rings. The molecule has 1 aromatic carbocycles. The molecule has 1 unspecified atom stereocenters. The zero-order chi connectivity index (χ0) is 14.5. The monoisotopic (exact) mass is 284 g/mol. The van der Waals surface area contributed by atoms with Gasteiger partial charge in [0.1, 0.15) is 0 Å². The minimum atomic E-state index is -3.46. The molecule has 19 heavy (non-hydrogen) atoms. The topological polar surface area (TPSA) is 72.2 Å². The van der Waals surface area contributed by atoms with Crippen LogP contribution < -0.4 is 10.5 Å². The molecule has 4 nitrogen and oxygen atoms in total. The molecule has 0 fully saturated rings. The van der Waals surface area contributed by atoms with Gasteiger partial charge in [-0.2, -0.15) is 0 Å². The van der Waals surface area contributed by atoms with E-state index in [0.29, 0.717) is 17.9 Å². The van der Waals surface area contributed by atoms with E-state index < -0.39 is 10.0 Å². The van der Waals surface area contributed by atoms with Gasteiger partial charge in [0, 0.05) is 12.6 Å². The fourth-order valence-electron chi connectivity index (χ4n) is 2.09. The third kappa shape index (κ3) is 4.30. The number of sulfonamides is 1. The summed E-state index contributed by atoms with van der Waals surface area (Å²) in [5.41, 5.74) is 7.25. The van der Waals surface area contributed by atoms with Crippen LogP contribution >= 0.6 is 0 Å². The Labute approximate surface area is 116 Å². The molecule has 1 aromatic rings. The zero-order valence-electron chi connectivity index (χ0n) is 11.9. The van der Waals surface area contributed by atoms with Crippen LogP contribution in [-0.2, 0) is 23.0 Å². The van der Waals surface area contributed by atoms with Gasteiger partial charge in [-0.1, -0.05) is 32.4 Å². The molecule has 0 radical (unpaired) electrons. The Balaban J connectivity index is 3.11. The fourth-order valence-corrected chi connectivity index (χ4v) is 3.73. The molecule has 1 atom stereocenters. The van der Waals surface area contributed by atoms with Crippen molar-refractivity contribution in [1.29, 1.82) is 0 Å². The number of hydrogen-bond acceptors (Lipinski definition) is 3. The van der Waals surface area contributed by atoms with Crippen LogP contribution in [0.2, 0.25) is 0 Å². The van der Waals surface area contributed by atoms with Gasteiger partial charge in [0.2, 0.25) is 10.0 Å². The Bertz CT molecular complexity index is 512. The molecule has 0 bridgehead atoms. The molecule has 0 amide bonds. The molecular formula is C14H24N2O2S. The lowest BCUT2D eigenvalue weighted by Gasteiger charge is -2.16. The van der Waals surface area contributed by atoms with Gasteiger partial charge in [-0.3, -0.25) is 0 Å². The molecule has 5 heteroatoms. The maximum atomic E-state index is 12.4. The van der Waals surface area contributed by atoms with E-state index in [4.69, 9.17) is 5.73 Å². The second-order valence-corrected chi connectivity index (χ2v) is 6.49. The third-order valence-electron chi connectivity index (χ3n) is 3.12. The molecule has 0 aliphatic heterocycles. The lowest BCUT2D eigenvalue weighted by Crippen LogP contribution is -2.33. The van der Waals surface area contributed by atoms with Crippen LogP contribution in [0.3, 0.4) is 0 Å². The van der Waals surface area contributed by atoms with Gasteiger partial charge in [0.05, 0.1) is 4.90 Å². The van der Waals surface area contributed by atoms with E-state index >= 15 is 0 Å². The highest BCUT2D eigenvalue weighted by atomic mass is 32.2. The first kappa shape index (κ1) is 16.1. The number of nitrogens with two attached hydrogens (primary N) is 1. The van der Waals surface area contributed by atoms with Crippen LogP contribution in [0.4, 0.5) is 0 Å². The van der Waals surface area contributed by atoms with E-state index in [1.54, 1.807) is 6.07 Å². The smallest absolute Gasteiger partial charge is 0.241 e. The number of nitrogens with one attached hydrogen (secondary N) is 1. The van der Waals surface area contributed by atoms with Crippen molar-refractivity contribution in [3.05, 3.63) is 29.3 Å². The van der Waals surface area contributed by atoms with Gasteiger partial charge in [-0.25, -0.2) is 13.1 Å². The fraction of sp³-hybridized carbons (Fsp3) is 0.571. The number of rotatable bonds is 7. The van der Waals surface area contributed by atoms with E-state index in [9.17, 15) is 8.42 Å². The van der Waals surface area contributed by atoms with Crippen LogP contribution in [0.5, 0.6) is 0 Å². The molecule has 3 N–H and O–H groups in total. The maximum Gasteiger partial charge on any atom is 0.241 e. The van der Waals surface area contributed by atoms with Crippen molar-refractivity contribution in [2.75, 3.05) is 0 Å². The Morgan fingerprint density at radius 1 is 1.32 bits per heavy atom. The molecule has 0 spiro atoms. The van der Waals surface area contributed by atoms with Gasteiger partial charge in [-0.05, 0) is 37.0 Å². The van der Waals surface area contributed by atoms with Gasteiger partial charge in [-0.15, -0.1) is 0 Å². The van der Waals surface area contributed by atoms with Crippen molar-refractivity contribution in [3.63, 3.8) is 0 Å². The molecule has 0 heterocycles. The zero-order valence-corrected chi connectivity index (χ0v) is 12.8. The van der Waals surface area contributed by atoms with Gasteiger partial charge >= 0.3 is 0 Å². The summed E-state index contributed by atoms with van der Waals surface area (Å²) in [4.78, 5) is 0.362. The van der Waals surface area contributed by atoms with E-state index in [1.807, 2.05) is 32.9 Å². The average Bonchev–Trinajstić information content (AvgIpc) is 2.37. The second kappa shape index (κ2) is 7.03. The second-order valence-electron chi connectivity index (χ2n) is 4.81. The molecule has 0 saturated carbocycles. The highest BCUT2D eigenvalue weighted by Crippen LogP contribution is 2.19. The van der Waals surface area contributed by atoms with Crippen molar-refractivity contribution in [2.24, 2.45) is 5.73 Å². The van der Waals surface area contributed by atoms with Crippen LogP contribution in [0.25, 0.3) is 0 Å². The minimum Gasteiger partial charge on any atom is -0.326 e. The molecule has 0 aromatic heterocycles. The standard InChI is InChI=1S/C14H24N2O2S/c1-4-6-11(3)16-19(17,18)14-9-12(10-15)7-8-13(14)5-2/h7-9,11,16H,4-6,10,15H2,1-3H3. The molecule has 108 valence electrons. The normalized spacial score (nSPS) is 13.5. The SMILES string of the molecule is CCCC(C)NS(=O)(=O)c1cc(CN)ccc1CC. The quantitative estimate of drug-likeness (QED) is 0.806. The molecule has 0 saturated heterocycles. The summed E-state index contributed by atoms with van der Waals surface area (Å²) in [7, 11) is -3.46. The lowest BCUT2D eigenvalue weighted by molar-refractivity contribution is 0.543. The minimum absolute atomic E-state index is 0.0544. The summed E-state index contributed by atoms with van der Waals surface area (Å²) in [5, 5.41) is 0. The molecule has 0 aliphatic carbocycles. The van der Waals surface area contributed by atoms with Crippen molar-refractivity contribution in [3.8, 4) is 0 Å². The van der Waals surface area contributed by atoms with Crippen LogP contribution in [0, 0.1) is 0 Å². The van der Waals surface area contributed by atoms with Crippen molar-refractivity contribution < 1.29 is 8.42 Å². The maximum absolute atomic E-state index is 12.4. The van der Waals surface area contributed by atoms with E-state index in [1.165, 1.54) is 0 Å². The summed E-state index contributed by atoms with van der Waals surface area (Å²) in [6.45, 7) is 6.22. The number of aryl methyl sites for hydroxylation is 1. The predicted octanol–water partition coefficient (Wildman–Crippen LogP) is 2.17. The van der Waals surface area contributed by atoms with Crippen molar-refractivity contribution in [2.45, 2.75) is 57.5 Å². The van der Waals surface area contributed by atoms with Crippen LogP contribution in [0.15, 0.2) is 23.1 Å². The number of hydrogen-bond donors (Lipinski definition) is 2. The molecular weight excluding hydrogens is 260 g/mol. The predicted molar refractivity (Wildman–Crippen MR) is 78.4 cm³/mol. The molecule has 1 rings (SSSR count). The van der Waals surface area contributed by atoms with Gasteiger partial charge in [0.15, 0.2) is 0 Å². The Kier molecular flexibility index (Phi) is 5.97. The van der Waals surface area contributed by atoms with E-state index in [2.05, 4.69) is 4.72 Å². The first-order valence-corrected chi connectivity index (χ1v) is 8.27. The third-order valence-corrected chi connectivity index (χ3v) is 4.79. The summed E-state index contributed by atoms with van der Waals surface area (Å²) in [6.07, 6.45) is 2.47. The van der Waals surface area contributed by atoms with Crippen molar-refractivity contribution in [1.82, 2.24) is 4.72 Å². The van der Waals surface area contributed by atoms with Crippen molar-refractivity contribution >= 4 is 10.0 Å². The van der Waals surface area contributed by atoms with Crippen LogP contribution in [0.1, 0.15) is 44.7 Å². The summed E-state index contributed by atoms with van der Waals surface area (Å²) in [5.74, 6) is 0. The Hall–Kier alpha value is -0.910. The highest BCUT2D eigenvalue weighted by molar-refractivity contribution is 7.89. The number of benzene rings is 1. The Morgan fingerprint density at radius 3 is 2.53 bits per heavy atom. The first-order chi connectivity index (χ1) is 8.94. The average molecular weight is 284 g/mol. The highest BCUT2D eigenvalue weighted by Gasteiger charge is 2.20. The van der Waals surface area contributed by atoms with Crippen LogP contribution in [-0.4, -0.2) is 14.5 Å². The first-order valence-electron chi connectivity index (χ1n) is 6.78. The van der Waals surface area contributed by atoms with Gasteiger partial charge in [0.25, 0.3) is 0 Å². The summed E-state index contributed by atoms with van der Waals surface area (Å²) >= 11 is 0. The lowest BCUT2D eigenvalue weighted by atomic mass is 10.1. The van der Waals surface area contributed by atoms with E-state index in [0.717, 1.165) is 24.0 Å². The van der Waals surface area contributed by atoms with Gasteiger partial charge < -0.3 is 5.73 Å². The summed E-state index contributed by atoms with van der Waals surface area (Å²) < 4.78 is 27.6. The van der Waals surface area contributed by atoms with E-state index in [-0.39, 0.29) is 6.04 Å².